The van der Waals surface area contributed by atoms with Gasteiger partial charge in [-0.3, -0.25) is 4.90 Å². The van der Waals surface area contributed by atoms with Crippen LogP contribution in [-0.2, 0) is 8.85 Å². The summed E-state index contributed by atoms with van der Waals surface area (Å²) in [6.07, 6.45) is 0. The fraction of sp³-hybridized carbons (Fsp3) is 1.00. The maximum atomic E-state index is 6.29. The summed E-state index contributed by atoms with van der Waals surface area (Å²) in [5.41, 5.74) is 0. The van der Waals surface area contributed by atoms with E-state index in [9.17, 15) is 0 Å². The summed E-state index contributed by atoms with van der Waals surface area (Å²) < 4.78 is 12.6. The Kier molecular flexibility index (Phi) is 8.73. The van der Waals surface area contributed by atoms with Crippen LogP contribution in [0.5, 0.6) is 0 Å². The van der Waals surface area contributed by atoms with Crippen molar-refractivity contribution in [1.82, 2.24) is 4.90 Å². The van der Waals surface area contributed by atoms with Crippen LogP contribution in [-0.4, -0.2) is 54.4 Å². The Labute approximate surface area is 148 Å². The first-order valence-electron chi connectivity index (χ1n) is 9.14. The topological polar surface area (TPSA) is 21.7 Å². The maximum Gasteiger partial charge on any atom is 0.192 e. The number of rotatable bonds is 9. The monoisotopic (exact) mass is 365 g/mol. The van der Waals surface area contributed by atoms with Gasteiger partial charge in [0.2, 0.25) is 0 Å². The van der Waals surface area contributed by atoms with Crippen LogP contribution in [0.3, 0.4) is 0 Å². The van der Waals surface area contributed by atoms with Crippen LogP contribution in [0.25, 0.3) is 0 Å². The Morgan fingerprint density at radius 2 is 1.00 bits per heavy atom. The van der Waals surface area contributed by atoms with E-state index < -0.39 is 16.6 Å². The van der Waals surface area contributed by atoms with E-state index in [0.29, 0.717) is 0 Å². The van der Waals surface area contributed by atoms with Crippen molar-refractivity contribution in [1.29, 1.82) is 0 Å². The average Bonchev–Trinajstić information content (AvgIpc) is 2.33. The minimum absolute atomic E-state index is 0.287. The zero-order valence-corrected chi connectivity index (χ0v) is 19.8. The van der Waals surface area contributed by atoms with Gasteiger partial charge in [-0.05, 0) is 42.8 Å². The predicted octanol–water partition coefficient (Wildman–Crippen LogP) is 5.35. The van der Waals surface area contributed by atoms with Crippen molar-refractivity contribution in [2.75, 3.05) is 32.8 Å². The Bertz CT molecular complexity index is 312. The minimum Gasteiger partial charge on any atom is -0.416 e. The number of hydrogen-bond acceptors (Lipinski definition) is 3. The summed E-state index contributed by atoms with van der Waals surface area (Å²) in [6, 6.07) is 0. The van der Waals surface area contributed by atoms with Crippen molar-refractivity contribution in [2.45, 2.75) is 84.7 Å². The molecule has 0 saturated heterocycles. The summed E-state index contributed by atoms with van der Waals surface area (Å²) >= 11 is 0. The molecule has 0 fully saturated rings. The summed E-state index contributed by atoms with van der Waals surface area (Å²) in [7, 11) is -3.24. The molecule has 0 aliphatic carbocycles. The van der Waals surface area contributed by atoms with Crippen LogP contribution in [0.4, 0.5) is 0 Å². The number of likely N-dealkylation sites (N-methyl/N-ethyl adjacent to an activating group) is 1. The lowest BCUT2D eigenvalue weighted by Crippen LogP contribution is -2.44. The number of hydrogen-bond donors (Lipinski definition) is 0. The quantitative estimate of drug-likeness (QED) is 0.406. The van der Waals surface area contributed by atoms with Crippen molar-refractivity contribution >= 4 is 16.6 Å². The van der Waals surface area contributed by atoms with Crippen LogP contribution < -0.4 is 0 Å². The van der Waals surface area contributed by atoms with Gasteiger partial charge >= 0.3 is 0 Å². The lowest BCUT2D eigenvalue weighted by atomic mass is 10.2. The number of nitrogens with zero attached hydrogens (tertiary/aromatic N) is 1. The molecule has 23 heavy (non-hydrogen) atoms. The molecular formula is C18H43NO2Si2. The SMILES string of the molecule is CCN([13CH2][13CH2]O[Si](C)(C)C(C)(C)C)[13CH2][13CH2]O[Si](C)(C)C(C)(C)C. The third kappa shape index (κ3) is 7.82. The second-order valence-corrected chi connectivity index (χ2v) is 19.3. The van der Waals surface area contributed by atoms with Gasteiger partial charge in [-0.1, -0.05) is 48.5 Å². The van der Waals surface area contributed by atoms with Gasteiger partial charge in [-0.15, -0.1) is 0 Å². The van der Waals surface area contributed by atoms with Crippen LogP contribution >= 0.6 is 0 Å². The zero-order valence-electron chi connectivity index (χ0n) is 17.8. The molecule has 0 aliphatic rings. The van der Waals surface area contributed by atoms with Gasteiger partial charge in [0.15, 0.2) is 16.6 Å². The van der Waals surface area contributed by atoms with Gasteiger partial charge in [0, 0.05) is 26.3 Å². The van der Waals surface area contributed by atoms with E-state index in [4.69, 9.17) is 8.85 Å². The van der Waals surface area contributed by atoms with Crippen molar-refractivity contribution in [3.05, 3.63) is 0 Å². The standard InChI is InChI=1S/C18H43NO2Si2/c1-12-19(13-15-20-22(8,9)17(2,3)4)14-16-21-23(10,11)18(5,6)7/h12-16H2,1-11H3/i13+1,14+1,15+1,16+1. The third-order valence-corrected chi connectivity index (χ3v) is 14.9. The fourth-order valence-electron chi connectivity index (χ4n) is 1.72. The summed E-state index contributed by atoms with van der Waals surface area (Å²) in [6.45, 7) is 30.0. The van der Waals surface area contributed by atoms with Gasteiger partial charge in [0.1, 0.15) is 0 Å². The maximum absolute atomic E-state index is 6.29. The Morgan fingerprint density at radius 3 is 1.22 bits per heavy atom. The zero-order chi connectivity index (χ0) is 18.5. The molecule has 0 aromatic heterocycles. The Morgan fingerprint density at radius 1 is 0.696 bits per heavy atom. The van der Waals surface area contributed by atoms with Gasteiger partial charge in [-0.25, -0.2) is 0 Å². The molecule has 140 valence electrons. The first-order chi connectivity index (χ1) is 10.1. The summed E-state index contributed by atoms with van der Waals surface area (Å²) in [5, 5.41) is 0.574. The van der Waals surface area contributed by atoms with Gasteiger partial charge < -0.3 is 8.85 Å². The van der Waals surface area contributed by atoms with Gasteiger partial charge in [0.05, 0.1) is 0 Å². The lowest BCUT2D eigenvalue weighted by Gasteiger charge is -2.37. The predicted molar refractivity (Wildman–Crippen MR) is 108 cm³/mol. The molecule has 0 unspecified atom stereocenters. The smallest absolute Gasteiger partial charge is 0.192 e. The molecule has 0 radical (unpaired) electrons. The van der Waals surface area contributed by atoms with E-state index in [0.717, 1.165) is 32.8 Å². The second kappa shape index (κ2) is 8.61. The first-order valence-corrected chi connectivity index (χ1v) is 15.0. The summed E-state index contributed by atoms with van der Waals surface area (Å²) in [4.78, 5) is 2.44. The highest BCUT2D eigenvalue weighted by Gasteiger charge is 2.38. The highest BCUT2D eigenvalue weighted by molar-refractivity contribution is 6.74. The van der Waals surface area contributed by atoms with E-state index in [2.05, 4.69) is 79.6 Å². The molecular weight excluding hydrogens is 322 g/mol. The van der Waals surface area contributed by atoms with E-state index >= 15 is 0 Å². The molecule has 0 heterocycles. The van der Waals surface area contributed by atoms with E-state index in [-0.39, 0.29) is 10.1 Å². The average molecular weight is 366 g/mol. The van der Waals surface area contributed by atoms with Crippen molar-refractivity contribution in [3.63, 3.8) is 0 Å². The fourth-order valence-corrected chi connectivity index (χ4v) is 3.79. The molecule has 0 amide bonds. The molecule has 5 heteroatoms. The lowest BCUT2D eigenvalue weighted by molar-refractivity contribution is 0.170. The van der Waals surface area contributed by atoms with E-state index in [1.54, 1.807) is 0 Å². The van der Waals surface area contributed by atoms with E-state index in [1.807, 2.05) is 0 Å². The first kappa shape index (κ1) is 23.3. The van der Waals surface area contributed by atoms with Crippen LogP contribution in [0.1, 0.15) is 48.5 Å². The molecule has 0 aromatic carbocycles. The highest BCUT2D eigenvalue weighted by Crippen LogP contribution is 2.37. The third-order valence-electron chi connectivity index (χ3n) is 5.80. The van der Waals surface area contributed by atoms with Crippen molar-refractivity contribution in [3.8, 4) is 0 Å². The van der Waals surface area contributed by atoms with Gasteiger partial charge in [-0.2, -0.15) is 0 Å². The largest absolute Gasteiger partial charge is 0.416 e. The van der Waals surface area contributed by atoms with E-state index in [1.165, 1.54) is 0 Å². The minimum atomic E-state index is -1.62. The Balaban J connectivity index is 4.24. The van der Waals surface area contributed by atoms with Gasteiger partial charge in [0.25, 0.3) is 0 Å². The normalized spacial score (nSPS) is 14.6. The summed E-state index contributed by atoms with van der Waals surface area (Å²) in [5.74, 6) is 0. The van der Waals surface area contributed by atoms with Crippen molar-refractivity contribution < 1.29 is 8.85 Å². The molecule has 0 atom stereocenters. The second-order valence-electron chi connectivity index (χ2n) is 9.65. The molecule has 0 N–H and O–H groups in total. The molecule has 0 rings (SSSR count). The molecule has 3 nitrogen and oxygen atoms in total. The molecule has 0 aromatic rings. The molecule has 0 spiro atoms. The molecule has 0 aliphatic heterocycles. The molecule has 0 saturated carbocycles. The van der Waals surface area contributed by atoms with Crippen molar-refractivity contribution in [2.24, 2.45) is 0 Å². The molecule has 0 bridgehead atoms. The highest BCUT2D eigenvalue weighted by atomic mass is 28.4. The van der Waals surface area contributed by atoms with Crippen LogP contribution in [0.2, 0.25) is 36.3 Å². The van der Waals surface area contributed by atoms with Crippen LogP contribution in [0.15, 0.2) is 0 Å². The van der Waals surface area contributed by atoms with Crippen LogP contribution in [0, 0.1) is 0 Å². The Hall–Kier alpha value is 0.314.